The molecule has 0 aromatic heterocycles. The zero-order valence-corrected chi connectivity index (χ0v) is 11.6. The van der Waals surface area contributed by atoms with Crippen molar-refractivity contribution in [3.63, 3.8) is 0 Å². The molecule has 0 aliphatic rings. The number of methoxy groups -OCH3 is 1. The molecule has 2 aromatic carbocycles. The average molecular weight is 270 g/mol. The molecule has 1 amide bonds. The minimum atomic E-state index is -0.0991. The maximum atomic E-state index is 11.2. The number of benzene rings is 2. The van der Waals surface area contributed by atoms with Crippen LogP contribution in [0.1, 0.15) is 12.5 Å². The summed E-state index contributed by atoms with van der Waals surface area (Å²) in [7, 11) is 1.62. The van der Waals surface area contributed by atoms with E-state index in [1.54, 1.807) is 7.11 Å². The van der Waals surface area contributed by atoms with Crippen molar-refractivity contribution in [1.29, 1.82) is 0 Å². The summed E-state index contributed by atoms with van der Waals surface area (Å²) in [5.74, 6) is 0.646. The SMILES string of the molecule is COc1ccc(NC(C)=O)c(NCc2ccccc2)c1. The van der Waals surface area contributed by atoms with Gasteiger partial charge in [-0.2, -0.15) is 0 Å². The van der Waals surface area contributed by atoms with E-state index in [9.17, 15) is 4.79 Å². The first-order valence-electron chi connectivity index (χ1n) is 6.42. The van der Waals surface area contributed by atoms with E-state index in [4.69, 9.17) is 4.74 Å². The highest BCUT2D eigenvalue weighted by Gasteiger charge is 2.06. The third-order valence-electron chi connectivity index (χ3n) is 2.86. The molecule has 4 heteroatoms. The van der Waals surface area contributed by atoms with Crippen molar-refractivity contribution < 1.29 is 9.53 Å². The van der Waals surface area contributed by atoms with E-state index in [1.807, 2.05) is 48.5 Å². The topological polar surface area (TPSA) is 50.4 Å². The summed E-state index contributed by atoms with van der Waals surface area (Å²) >= 11 is 0. The lowest BCUT2D eigenvalue weighted by molar-refractivity contribution is -0.114. The minimum absolute atomic E-state index is 0.0991. The summed E-state index contributed by atoms with van der Waals surface area (Å²) in [6.07, 6.45) is 0. The molecule has 104 valence electrons. The molecule has 2 aromatic rings. The molecule has 0 spiro atoms. The van der Waals surface area contributed by atoms with Gasteiger partial charge in [-0.1, -0.05) is 30.3 Å². The van der Waals surface area contributed by atoms with Gasteiger partial charge >= 0.3 is 0 Å². The largest absolute Gasteiger partial charge is 0.497 e. The molecule has 0 saturated heterocycles. The van der Waals surface area contributed by atoms with Crippen LogP contribution in [0.25, 0.3) is 0 Å². The van der Waals surface area contributed by atoms with Crippen molar-refractivity contribution in [2.45, 2.75) is 13.5 Å². The highest BCUT2D eigenvalue weighted by molar-refractivity contribution is 5.92. The van der Waals surface area contributed by atoms with Crippen molar-refractivity contribution >= 4 is 17.3 Å². The van der Waals surface area contributed by atoms with Gasteiger partial charge in [0.25, 0.3) is 0 Å². The van der Waals surface area contributed by atoms with Gasteiger partial charge in [-0.3, -0.25) is 4.79 Å². The lowest BCUT2D eigenvalue weighted by atomic mass is 10.2. The van der Waals surface area contributed by atoms with Gasteiger partial charge in [0.2, 0.25) is 5.91 Å². The molecule has 0 aliphatic heterocycles. The van der Waals surface area contributed by atoms with E-state index in [0.29, 0.717) is 6.54 Å². The Morgan fingerprint density at radius 1 is 1.10 bits per heavy atom. The lowest BCUT2D eigenvalue weighted by Crippen LogP contribution is -2.09. The molecule has 0 heterocycles. The first-order chi connectivity index (χ1) is 9.69. The molecule has 2 N–H and O–H groups in total. The molecule has 0 radical (unpaired) electrons. The minimum Gasteiger partial charge on any atom is -0.497 e. The number of nitrogens with one attached hydrogen (secondary N) is 2. The van der Waals surface area contributed by atoms with E-state index < -0.39 is 0 Å². The monoisotopic (exact) mass is 270 g/mol. The van der Waals surface area contributed by atoms with Gasteiger partial charge in [-0.05, 0) is 17.7 Å². The van der Waals surface area contributed by atoms with Crippen molar-refractivity contribution in [2.24, 2.45) is 0 Å². The van der Waals surface area contributed by atoms with Crippen LogP contribution in [0.2, 0.25) is 0 Å². The number of rotatable bonds is 5. The Bertz CT molecular complexity index is 582. The van der Waals surface area contributed by atoms with Crippen molar-refractivity contribution in [2.75, 3.05) is 17.7 Å². The first kappa shape index (κ1) is 13.9. The van der Waals surface area contributed by atoms with Gasteiger partial charge in [-0.25, -0.2) is 0 Å². The predicted octanol–water partition coefficient (Wildman–Crippen LogP) is 3.27. The fourth-order valence-electron chi connectivity index (χ4n) is 1.89. The van der Waals surface area contributed by atoms with Crippen LogP contribution in [0.5, 0.6) is 5.75 Å². The number of ether oxygens (including phenoxy) is 1. The zero-order valence-electron chi connectivity index (χ0n) is 11.6. The van der Waals surface area contributed by atoms with Crippen LogP contribution in [0.15, 0.2) is 48.5 Å². The smallest absolute Gasteiger partial charge is 0.221 e. The predicted molar refractivity (Wildman–Crippen MR) is 81.1 cm³/mol. The number of anilines is 2. The molecular weight excluding hydrogens is 252 g/mol. The molecule has 0 fully saturated rings. The molecule has 0 saturated carbocycles. The second-order valence-corrected chi connectivity index (χ2v) is 4.43. The Morgan fingerprint density at radius 2 is 1.85 bits per heavy atom. The van der Waals surface area contributed by atoms with Gasteiger partial charge in [-0.15, -0.1) is 0 Å². The van der Waals surface area contributed by atoms with Crippen molar-refractivity contribution in [3.8, 4) is 5.75 Å². The van der Waals surface area contributed by atoms with Gasteiger partial charge in [0, 0.05) is 19.5 Å². The van der Waals surface area contributed by atoms with Crippen LogP contribution in [-0.2, 0) is 11.3 Å². The fourth-order valence-corrected chi connectivity index (χ4v) is 1.89. The zero-order chi connectivity index (χ0) is 14.4. The van der Waals surface area contributed by atoms with Gasteiger partial charge in [0.1, 0.15) is 5.75 Å². The Balaban J connectivity index is 2.17. The summed E-state index contributed by atoms with van der Waals surface area (Å²) < 4.78 is 5.21. The second-order valence-electron chi connectivity index (χ2n) is 4.43. The van der Waals surface area contributed by atoms with E-state index in [1.165, 1.54) is 12.5 Å². The van der Waals surface area contributed by atoms with Gasteiger partial charge in [0.15, 0.2) is 0 Å². The van der Waals surface area contributed by atoms with E-state index in [-0.39, 0.29) is 5.91 Å². The van der Waals surface area contributed by atoms with Crippen LogP contribution in [0.4, 0.5) is 11.4 Å². The highest BCUT2D eigenvalue weighted by atomic mass is 16.5. The maximum absolute atomic E-state index is 11.2. The molecule has 20 heavy (non-hydrogen) atoms. The molecule has 0 atom stereocenters. The van der Waals surface area contributed by atoms with Crippen molar-refractivity contribution in [3.05, 3.63) is 54.1 Å². The average Bonchev–Trinajstić information content (AvgIpc) is 2.47. The third kappa shape index (κ3) is 3.75. The van der Waals surface area contributed by atoms with Crippen LogP contribution in [-0.4, -0.2) is 13.0 Å². The lowest BCUT2D eigenvalue weighted by Gasteiger charge is -2.14. The van der Waals surface area contributed by atoms with E-state index in [2.05, 4.69) is 10.6 Å². The number of carbonyl (C=O) groups is 1. The molecule has 4 nitrogen and oxygen atoms in total. The molecule has 2 rings (SSSR count). The maximum Gasteiger partial charge on any atom is 0.221 e. The number of hydrogen-bond donors (Lipinski definition) is 2. The molecular formula is C16H18N2O2. The van der Waals surface area contributed by atoms with Crippen molar-refractivity contribution in [1.82, 2.24) is 0 Å². The second kappa shape index (κ2) is 6.61. The van der Waals surface area contributed by atoms with Crippen LogP contribution >= 0.6 is 0 Å². The fraction of sp³-hybridized carbons (Fsp3) is 0.188. The van der Waals surface area contributed by atoms with Gasteiger partial charge < -0.3 is 15.4 Å². The Labute approximate surface area is 118 Å². The normalized spacial score (nSPS) is 9.90. The summed E-state index contributed by atoms with van der Waals surface area (Å²) in [6, 6.07) is 15.6. The standard InChI is InChI=1S/C16H18N2O2/c1-12(19)18-15-9-8-14(20-2)10-16(15)17-11-13-6-4-3-5-7-13/h3-10,17H,11H2,1-2H3,(H,18,19). The van der Waals surface area contributed by atoms with E-state index in [0.717, 1.165) is 17.1 Å². The summed E-state index contributed by atoms with van der Waals surface area (Å²) in [5, 5.41) is 6.12. The Kier molecular flexibility index (Phi) is 4.60. The number of hydrogen-bond acceptors (Lipinski definition) is 3. The van der Waals surface area contributed by atoms with Crippen LogP contribution in [0.3, 0.4) is 0 Å². The van der Waals surface area contributed by atoms with Crippen LogP contribution in [0, 0.1) is 0 Å². The third-order valence-corrected chi connectivity index (χ3v) is 2.86. The highest BCUT2D eigenvalue weighted by Crippen LogP contribution is 2.27. The Morgan fingerprint density at radius 3 is 2.50 bits per heavy atom. The van der Waals surface area contributed by atoms with E-state index >= 15 is 0 Å². The molecule has 0 aliphatic carbocycles. The number of carbonyl (C=O) groups excluding carboxylic acids is 1. The quantitative estimate of drug-likeness (QED) is 0.876. The molecule has 0 unspecified atom stereocenters. The van der Waals surface area contributed by atoms with Crippen LogP contribution < -0.4 is 15.4 Å². The molecule has 0 bridgehead atoms. The van der Waals surface area contributed by atoms with Gasteiger partial charge in [0.05, 0.1) is 18.5 Å². The number of amides is 1. The summed E-state index contributed by atoms with van der Waals surface area (Å²) in [5.41, 5.74) is 2.75. The first-order valence-corrected chi connectivity index (χ1v) is 6.42. The Hall–Kier alpha value is -2.49. The summed E-state index contributed by atoms with van der Waals surface area (Å²) in [4.78, 5) is 11.2. The summed E-state index contributed by atoms with van der Waals surface area (Å²) in [6.45, 7) is 2.17.